The van der Waals surface area contributed by atoms with E-state index < -0.39 is 11.8 Å². The van der Waals surface area contributed by atoms with Gasteiger partial charge in [0, 0.05) is 45.5 Å². The van der Waals surface area contributed by atoms with Crippen molar-refractivity contribution in [3.05, 3.63) is 18.0 Å². The molecule has 0 unspecified atom stereocenters. The molecule has 1 aromatic rings. The van der Waals surface area contributed by atoms with Gasteiger partial charge in [-0.3, -0.25) is 19.5 Å². The number of hydrogen-bond donors (Lipinski definition) is 1. The smallest absolute Gasteiger partial charge is 0.312 e. The SMILES string of the molecule is O=C(C(=O)N1CCN(C(=O)c2ccn[nH]2)CC1)N1CCCC1. The van der Waals surface area contributed by atoms with Gasteiger partial charge in [-0.05, 0) is 18.9 Å². The number of hydrogen-bond acceptors (Lipinski definition) is 4. The summed E-state index contributed by atoms with van der Waals surface area (Å²) in [5, 5.41) is 6.40. The zero-order chi connectivity index (χ0) is 15.5. The van der Waals surface area contributed by atoms with Gasteiger partial charge in [-0.2, -0.15) is 5.10 Å². The van der Waals surface area contributed by atoms with E-state index in [9.17, 15) is 14.4 Å². The van der Waals surface area contributed by atoms with E-state index >= 15 is 0 Å². The van der Waals surface area contributed by atoms with Gasteiger partial charge in [0.25, 0.3) is 5.91 Å². The normalized spacial score (nSPS) is 18.6. The lowest BCUT2D eigenvalue weighted by Crippen LogP contribution is -2.54. The number of aromatic nitrogens is 2. The van der Waals surface area contributed by atoms with Crippen molar-refractivity contribution in [2.24, 2.45) is 0 Å². The minimum atomic E-state index is -0.449. The topological polar surface area (TPSA) is 89.6 Å². The standard InChI is InChI=1S/C14H19N5O3/c20-12(11-3-4-15-16-11)18-7-9-19(10-8-18)14(22)13(21)17-5-1-2-6-17/h3-4H,1-2,5-10H2,(H,15,16). The van der Waals surface area contributed by atoms with Crippen LogP contribution in [0.1, 0.15) is 23.3 Å². The first-order valence-electron chi connectivity index (χ1n) is 7.53. The molecule has 1 aromatic heterocycles. The van der Waals surface area contributed by atoms with Crippen molar-refractivity contribution in [1.29, 1.82) is 0 Å². The summed E-state index contributed by atoms with van der Waals surface area (Å²) in [7, 11) is 0. The van der Waals surface area contributed by atoms with Crippen LogP contribution < -0.4 is 0 Å². The van der Waals surface area contributed by atoms with E-state index in [-0.39, 0.29) is 5.91 Å². The number of amides is 3. The lowest BCUT2D eigenvalue weighted by Gasteiger charge is -2.34. The molecule has 118 valence electrons. The Bertz CT molecular complexity index is 557. The molecule has 3 rings (SSSR count). The minimum absolute atomic E-state index is 0.129. The van der Waals surface area contributed by atoms with Crippen LogP contribution in [-0.4, -0.2) is 81.9 Å². The molecule has 1 N–H and O–H groups in total. The molecule has 0 bridgehead atoms. The largest absolute Gasteiger partial charge is 0.334 e. The molecule has 0 spiro atoms. The van der Waals surface area contributed by atoms with E-state index in [1.165, 1.54) is 11.1 Å². The predicted octanol–water partition coefficient (Wildman–Crippen LogP) is -0.683. The number of nitrogens with zero attached hydrogens (tertiary/aromatic N) is 4. The van der Waals surface area contributed by atoms with Crippen molar-refractivity contribution >= 4 is 17.7 Å². The van der Waals surface area contributed by atoms with Crippen LogP contribution in [-0.2, 0) is 9.59 Å². The Morgan fingerprint density at radius 2 is 1.41 bits per heavy atom. The van der Waals surface area contributed by atoms with E-state index in [1.807, 2.05) is 0 Å². The van der Waals surface area contributed by atoms with Crippen molar-refractivity contribution < 1.29 is 14.4 Å². The summed E-state index contributed by atoms with van der Waals surface area (Å²) in [6.45, 7) is 2.97. The fourth-order valence-electron chi connectivity index (χ4n) is 2.85. The molecule has 22 heavy (non-hydrogen) atoms. The Balaban J connectivity index is 1.54. The summed E-state index contributed by atoms with van der Waals surface area (Å²) in [6, 6.07) is 1.62. The van der Waals surface area contributed by atoms with E-state index in [0.717, 1.165) is 12.8 Å². The van der Waals surface area contributed by atoms with Gasteiger partial charge in [-0.15, -0.1) is 0 Å². The summed E-state index contributed by atoms with van der Waals surface area (Å²) >= 11 is 0. The summed E-state index contributed by atoms with van der Waals surface area (Å²) in [6.07, 6.45) is 3.46. The quantitative estimate of drug-likeness (QED) is 0.696. The van der Waals surface area contributed by atoms with Gasteiger partial charge in [-0.25, -0.2) is 0 Å². The van der Waals surface area contributed by atoms with Crippen LogP contribution in [0.3, 0.4) is 0 Å². The lowest BCUT2D eigenvalue weighted by atomic mass is 10.2. The van der Waals surface area contributed by atoms with Crippen molar-refractivity contribution in [3.8, 4) is 0 Å². The van der Waals surface area contributed by atoms with Crippen LogP contribution in [0.5, 0.6) is 0 Å². The first-order valence-corrected chi connectivity index (χ1v) is 7.53. The molecule has 8 heteroatoms. The molecule has 0 aliphatic carbocycles. The average Bonchev–Trinajstić information content (AvgIpc) is 3.26. The molecule has 2 aliphatic rings. The number of likely N-dealkylation sites (tertiary alicyclic amines) is 1. The Morgan fingerprint density at radius 3 is 1.95 bits per heavy atom. The van der Waals surface area contributed by atoms with E-state index in [0.29, 0.717) is 45.0 Å². The summed E-state index contributed by atoms with van der Waals surface area (Å²) < 4.78 is 0. The van der Waals surface area contributed by atoms with Crippen molar-refractivity contribution in [2.75, 3.05) is 39.3 Å². The van der Waals surface area contributed by atoms with Gasteiger partial charge in [0.05, 0.1) is 0 Å². The second-order valence-corrected chi connectivity index (χ2v) is 5.55. The van der Waals surface area contributed by atoms with E-state index in [4.69, 9.17) is 0 Å². The summed E-state index contributed by atoms with van der Waals surface area (Å²) in [5.41, 5.74) is 0.438. The minimum Gasteiger partial charge on any atom is -0.334 e. The Hall–Kier alpha value is -2.38. The first kappa shape index (κ1) is 14.6. The average molecular weight is 305 g/mol. The van der Waals surface area contributed by atoms with Gasteiger partial charge in [0.15, 0.2) is 0 Å². The van der Waals surface area contributed by atoms with Gasteiger partial charge in [0.1, 0.15) is 5.69 Å². The second-order valence-electron chi connectivity index (χ2n) is 5.55. The van der Waals surface area contributed by atoms with Crippen LogP contribution in [0.4, 0.5) is 0 Å². The Labute approximate surface area is 128 Å². The number of aromatic amines is 1. The molecule has 0 saturated carbocycles. The highest BCUT2D eigenvalue weighted by Crippen LogP contribution is 2.11. The molecule has 0 aromatic carbocycles. The van der Waals surface area contributed by atoms with Crippen LogP contribution in [0.15, 0.2) is 12.3 Å². The molecule has 2 saturated heterocycles. The Morgan fingerprint density at radius 1 is 0.864 bits per heavy atom. The molecule has 3 amide bonds. The van der Waals surface area contributed by atoms with E-state index in [1.54, 1.807) is 15.9 Å². The third-order valence-corrected chi connectivity index (χ3v) is 4.16. The molecular weight excluding hydrogens is 286 g/mol. The van der Waals surface area contributed by atoms with Gasteiger partial charge in [-0.1, -0.05) is 0 Å². The highest BCUT2D eigenvalue weighted by Gasteiger charge is 2.32. The molecular formula is C14H19N5O3. The molecule has 0 atom stereocenters. The van der Waals surface area contributed by atoms with Crippen LogP contribution >= 0.6 is 0 Å². The van der Waals surface area contributed by atoms with E-state index in [2.05, 4.69) is 10.2 Å². The maximum atomic E-state index is 12.2. The maximum Gasteiger partial charge on any atom is 0.312 e. The molecule has 2 aliphatic heterocycles. The van der Waals surface area contributed by atoms with Crippen molar-refractivity contribution in [3.63, 3.8) is 0 Å². The van der Waals surface area contributed by atoms with Gasteiger partial charge in [0.2, 0.25) is 0 Å². The monoisotopic (exact) mass is 305 g/mol. The molecule has 8 nitrogen and oxygen atoms in total. The molecule has 2 fully saturated rings. The van der Waals surface area contributed by atoms with Gasteiger partial charge >= 0.3 is 11.8 Å². The number of H-pyrrole nitrogens is 1. The fourth-order valence-corrected chi connectivity index (χ4v) is 2.85. The second kappa shape index (κ2) is 6.17. The molecule has 0 radical (unpaired) electrons. The number of rotatable bonds is 1. The number of carbonyl (C=O) groups excluding carboxylic acids is 3. The summed E-state index contributed by atoms with van der Waals surface area (Å²) in [5.74, 6) is -0.989. The number of carbonyl (C=O) groups is 3. The number of nitrogens with one attached hydrogen (secondary N) is 1. The zero-order valence-corrected chi connectivity index (χ0v) is 12.3. The fraction of sp³-hybridized carbons (Fsp3) is 0.571. The lowest BCUT2D eigenvalue weighted by molar-refractivity contribution is -0.152. The maximum absolute atomic E-state index is 12.2. The zero-order valence-electron chi connectivity index (χ0n) is 12.3. The van der Waals surface area contributed by atoms with Crippen LogP contribution in [0.2, 0.25) is 0 Å². The molecule has 3 heterocycles. The van der Waals surface area contributed by atoms with Crippen LogP contribution in [0.25, 0.3) is 0 Å². The predicted molar refractivity (Wildman–Crippen MR) is 76.9 cm³/mol. The highest BCUT2D eigenvalue weighted by molar-refractivity contribution is 6.35. The van der Waals surface area contributed by atoms with Crippen molar-refractivity contribution in [1.82, 2.24) is 24.9 Å². The first-order chi connectivity index (χ1) is 10.7. The third-order valence-electron chi connectivity index (χ3n) is 4.16. The Kier molecular flexibility index (Phi) is 4.08. The van der Waals surface area contributed by atoms with Gasteiger partial charge < -0.3 is 14.7 Å². The number of piperazine rings is 1. The summed E-state index contributed by atoms with van der Waals surface area (Å²) in [4.78, 5) is 41.3. The van der Waals surface area contributed by atoms with Crippen LogP contribution in [0, 0.1) is 0 Å². The highest BCUT2D eigenvalue weighted by atomic mass is 16.2. The third kappa shape index (κ3) is 2.81. The van der Waals surface area contributed by atoms with Crippen molar-refractivity contribution in [2.45, 2.75) is 12.8 Å².